The SMILES string of the molecule is CNc1cc(N2CCc3c(-c4cnc(CN5CCC6(CCNCC6)C(F)(F)C5)cn4)cccc32)nn2c(C(=O)N[C@@H]3CC[C@H]3OC)cnc12. The summed E-state index contributed by atoms with van der Waals surface area (Å²) in [7, 11) is 3.49. The van der Waals surface area contributed by atoms with Crippen molar-refractivity contribution < 1.29 is 18.3 Å². The molecule has 14 heteroatoms. The van der Waals surface area contributed by atoms with E-state index in [0.29, 0.717) is 74.8 Å². The topological polar surface area (TPSA) is 125 Å². The molecule has 12 nitrogen and oxygen atoms in total. The second-order valence-corrected chi connectivity index (χ2v) is 13.8. The van der Waals surface area contributed by atoms with Crippen LogP contribution in [0, 0.1) is 5.41 Å². The first kappa shape index (κ1) is 32.0. The minimum absolute atomic E-state index is 0.0189. The van der Waals surface area contributed by atoms with Crippen LogP contribution in [0.1, 0.15) is 53.8 Å². The average Bonchev–Trinajstić information content (AvgIpc) is 3.74. The van der Waals surface area contributed by atoms with E-state index in [9.17, 15) is 4.79 Å². The number of nitrogens with one attached hydrogen (secondary N) is 3. The van der Waals surface area contributed by atoms with Crippen molar-refractivity contribution in [2.45, 2.75) is 63.1 Å². The summed E-state index contributed by atoms with van der Waals surface area (Å²) in [5.41, 5.74) is 5.31. The second kappa shape index (κ2) is 12.6. The predicted octanol–water partition coefficient (Wildman–Crippen LogP) is 4.04. The number of amides is 1. The molecule has 3 fully saturated rings. The Balaban J connectivity index is 1.01. The third kappa shape index (κ3) is 5.59. The number of halogens is 2. The molecule has 1 aliphatic carbocycles. The highest BCUT2D eigenvalue weighted by atomic mass is 19.3. The highest BCUT2D eigenvalue weighted by Crippen LogP contribution is 2.50. The maximum Gasteiger partial charge on any atom is 0.271 e. The highest BCUT2D eigenvalue weighted by molar-refractivity contribution is 5.94. The lowest BCUT2D eigenvalue weighted by Crippen LogP contribution is -2.58. The monoisotopic (exact) mass is 672 g/mol. The number of likely N-dealkylation sites (tertiary alicyclic amines) is 1. The van der Waals surface area contributed by atoms with Crippen LogP contribution in [-0.4, -0.2) is 100 Å². The number of alkyl halides is 2. The molecule has 8 rings (SSSR count). The molecule has 1 aromatic carbocycles. The van der Waals surface area contributed by atoms with Crippen LogP contribution < -0.4 is 20.9 Å². The minimum Gasteiger partial charge on any atom is -0.385 e. The molecule has 6 heterocycles. The summed E-state index contributed by atoms with van der Waals surface area (Å²) < 4.78 is 37.8. The third-order valence-electron chi connectivity index (χ3n) is 11.1. The number of fused-ring (bicyclic) bond motifs is 2. The average molecular weight is 673 g/mol. The van der Waals surface area contributed by atoms with Crippen molar-refractivity contribution in [3.63, 3.8) is 0 Å². The lowest BCUT2D eigenvalue weighted by Gasteiger charge is -2.49. The number of rotatable bonds is 8. The van der Waals surface area contributed by atoms with Gasteiger partial charge in [0.05, 0.1) is 54.4 Å². The lowest BCUT2D eigenvalue weighted by atomic mass is 9.69. The Kier molecular flexibility index (Phi) is 8.19. The van der Waals surface area contributed by atoms with Gasteiger partial charge in [-0.2, -0.15) is 0 Å². The van der Waals surface area contributed by atoms with Crippen molar-refractivity contribution in [3.8, 4) is 11.3 Å². The summed E-state index contributed by atoms with van der Waals surface area (Å²) in [6.45, 7) is 2.75. The number of piperidine rings is 2. The number of anilines is 3. The van der Waals surface area contributed by atoms with E-state index < -0.39 is 11.3 Å². The van der Waals surface area contributed by atoms with E-state index in [1.807, 2.05) is 30.1 Å². The number of hydrogen-bond acceptors (Lipinski definition) is 10. The molecule has 3 aliphatic heterocycles. The molecule has 1 amide bonds. The zero-order valence-corrected chi connectivity index (χ0v) is 27.9. The Morgan fingerprint density at radius 3 is 2.65 bits per heavy atom. The first-order chi connectivity index (χ1) is 23.8. The molecule has 3 N–H and O–H groups in total. The molecule has 1 saturated carbocycles. The Morgan fingerprint density at radius 1 is 1.08 bits per heavy atom. The van der Waals surface area contributed by atoms with Crippen molar-refractivity contribution in [2.24, 2.45) is 5.41 Å². The van der Waals surface area contributed by atoms with Crippen molar-refractivity contribution in [1.29, 1.82) is 0 Å². The maximum atomic E-state index is 15.4. The number of methoxy groups -OCH3 is 1. The zero-order valence-electron chi connectivity index (χ0n) is 27.9. The Bertz CT molecular complexity index is 1860. The summed E-state index contributed by atoms with van der Waals surface area (Å²) in [6.07, 6.45) is 9.16. The lowest BCUT2D eigenvalue weighted by molar-refractivity contribution is -0.181. The third-order valence-corrected chi connectivity index (χ3v) is 11.1. The molecule has 2 saturated heterocycles. The summed E-state index contributed by atoms with van der Waals surface area (Å²) >= 11 is 0. The summed E-state index contributed by atoms with van der Waals surface area (Å²) in [4.78, 5) is 31.2. The first-order valence-electron chi connectivity index (χ1n) is 17.2. The summed E-state index contributed by atoms with van der Waals surface area (Å²) in [6, 6.07) is 8.01. The number of carbonyl (C=O) groups is 1. The van der Waals surface area contributed by atoms with E-state index in [-0.39, 0.29) is 24.6 Å². The van der Waals surface area contributed by atoms with Crippen LogP contribution in [0.25, 0.3) is 16.9 Å². The zero-order chi connectivity index (χ0) is 33.8. The van der Waals surface area contributed by atoms with E-state index >= 15 is 8.78 Å². The van der Waals surface area contributed by atoms with Gasteiger partial charge in [-0.3, -0.25) is 19.7 Å². The van der Waals surface area contributed by atoms with Gasteiger partial charge in [-0.05, 0) is 69.8 Å². The van der Waals surface area contributed by atoms with Gasteiger partial charge in [0.15, 0.2) is 17.2 Å². The van der Waals surface area contributed by atoms with Gasteiger partial charge in [0.1, 0.15) is 0 Å². The Labute approximate surface area is 283 Å². The van der Waals surface area contributed by atoms with Gasteiger partial charge in [0, 0.05) is 50.0 Å². The molecular weight excluding hydrogens is 630 g/mol. The fraction of sp³-hybridized carbons (Fsp3) is 0.514. The first-order valence-corrected chi connectivity index (χ1v) is 17.2. The Hall–Kier alpha value is -4.27. The molecule has 0 bridgehead atoms. The van der Waals surface area contributed by atoms with Gasteiger partial charge in [0.2, 0.25) is 0 Å². The van der Waals surface area contributed by atoms with Crippen LogP contribution >= 0.6 is 0 Å². The van der Waals surface area contributed by atoms with E-state index in [4.69, 9.17) is 14.8 Å². The number of carbonyl (C=O) groups excluding carboxylic acids is 1. The fourth-order valence-electron chi connectivity index (χ4n) is 8.04. The van der Waals surface area contributed by atoms with Crippen molar-refractivity contribution in [3.05, 3.63) is 59.8 Å². The molecule has 1 spiro atoms. The molecule has 49 heavy (non-hydrogen) atoms. The molecular formula is C35H42F2N10O2. The van der Waals surface area contributed by atoms with Crippen LogP contribution in [0.5, 0.6) is 0 Å². The summed E-state index contributed by atoms with van der Waals surface area (Å²) in [5, 5.41) is 14.4. The number of ether oxygens (including phenoxy) is 1. The summed E-state index contributed by atoms with van der Waals surface area (Å²) in [5.74, 6) is -2.28. The van der Waals surface area contributed by atoms with Crippen molar-refractivity contribution in [1.82, 2.24) is 40.1 Å². The van der Waals surface area contributed by atoms with Crippen molar-refractivity contribution >= 4 is 28.7 Å². The van der Waals surface area contributed by atoms with E-state index in [2.05, 4.69) is 36.9 Å². The molecule has 0 radical (unpaired) electrons. The minimum atomic E-state index is -2.72. The number of nitrogens with zero attached hydrogens (tertiary/aromatic N) is 7. The number of benzene rings is 1. The smallest absolute Gasteiger partial charge is 0.271 e. The molecule has 4 aromatic rings. The molecule has 258 valence electrons. The van der Waals surface area contributed by atoms with Gasteiger partial charge in [0.25, 0.3) is 11.8 Å². The van der Waals surface area contributed by atoms with Gasteiger partial charge in [-0.1, -0.05) is 12.1 Å². The van der Waals surface area contributed by atoms with Gasteiger partial charge >= 0.3 is 0 Å². The second-order valence-electron chi connectivity index (χ2n) is 13.8. The van der Waals surface area contributed by atoms with Crippen molar-refractivity contribution in [2.75, 3.05) is 57.1 Å². The van der Waals surface area contributed by atoms with Crippen LogP contribution in [0.2, 0.25) is 0 Å². The van der Waals surface area contributed by atoms with Crippen LogP contribution in [0.4, 0.5) is 26.0 Å². The standard InChI is InChI=1S/C35H42F2N10O2/c1-38-26-16-31(44-47-29(19-42-32(26)47)33(48)43-25-6-7-30(25)49-2)46-14-8-24-23(4-3-5-28(24)46)27-18-40-22(17-41-27)20-45-15-11-34(35(36,37)21-45)9-12-39-13-10-34/h3-5,16-19,25,30,38-39H,6-15,20-21H2,1-2H3,(H,43,48)/t25-,30-/m1/s1. The maximum absolute atomic E-state index is 15.4. The molecule has 0 unspecified atom stereocenters. The van der Waals surface area contributed by atoms with E-state index in [1.54, 1.807) is 30.2 Å². The molecule has 2 atom stereocenters. The van der Waals surface area contributed by atoms with Gasteiger partial charge in [-0.25, -0.2) is 18.3 Å². The van der Waals surface area contributed by atoms with Gasteiger partial charge in [-0.15, -0.1) is 5.10 Å². The highest BCUT2D eigenvalue weighted by Gasteiger charge is 2.56. The van der Waals surface area contributed by atoms with Gasteiger partial charge < -0.3 is 25.6 Å². The van der Waals surface area contributed by atoms with Crippen LogP contribution in [-0.2, 0) is 17.7 Å². The molecule has 3 aromatic heterocycles. The number of imidazole rings is 1. The number of hydrogen-bond donors (Lipinski definition) is 3. The van der Waals surface area contributed by atoms with E-state index in [1.165, 1.54) is 0 Å². The fourth-order valence-corrected chi connectivity index (χ4v) is 8.04. The quantitative estimate of drug-likeness (QED) is 0.253. The normalized spacial score (nSPS) is 23.0. The van der Waals surface area contributed by atoms with E-state index in [0.717, 1.165) is 47.5 Å². The van der Waals surface area contributed by atoms with Crippen LogP contribution in [0.15, 0.2) is 42.9 Å². The largest absolute Gasteiger partial charge is 0.385 e. The number of aromatic nitrogens is 5. The van der Waals surface area contributed by atoms with Crippen LogP contribution in [0.3, 0.4) is 0 Å². The predicted molar refractivity (Wildman–Crippen MR) is 181 cm³/mol. The Morgan fingerprint density at radius 2 is 1.94 bits per heavy atom. The molecule has 4 aliphatic rings.